The zero-order chi connectivity index (χ0) is 24.9. The van der Waals surface area contributed by atoms with Crippen LogP contribution >= 0.6 is 0 Å². The number of amides is 1. The van der Waals surface area contributed by atoms with E-state index in [1.807, 2.05) is 30.0 Å². The molecule has 0 unspecified atom stereocenters. The minimum Gasteiger partial charge on any atom is -0.478 e. The molecule has 6 heteroatoms. The van der Waals surface area contributed by atoms with Crippen LogP contribution in [0.15, 0.2) is 48.5 Å². The van der Waals surface area contributed by atoms with Crippen molar-refractivity contribution in [2.24, 2.45) is 5.92 Å². The number of hydrogen-bond acceptors (Lipinski definition) is 4. The third-order valence-corrected chi connectivity index (χ3v) is 6.55. The van der Waals surface area contributed by atoms with Gasteiger partial charge in [0.2, 0.25) is 5.91 Å². The van der Waals surface area contributed by atoms with Gasteiger partial charge in [-0.05, 0) is 62.8 Å². The monoisotopic (exact) mass is 466 g/mol. The van der Waals surface area contributed by atoms with Gasteiger partial charge >= 0.3 is 5.97 Å². The fraction of sp³-hybridized carbons (Fsp3) is 0.500. The lowest BCUT2D eigenvalue weighted by Crippen LogP contribution is -2.44. The van der Waals surface area contributed by atoms with Crippen LogP contribution in [0.5, 0.6) is 5.75 Å². The summed E-state index contributed by atoms with van der Waals surface area (Å²) in [7, 11) is 0. The summed E-state index contributed by atoms with van der Waals surface area (Å²) in [6, 6.07) is 16.1. The molecular weight excluding hydrogens is 428 g/mol. The summed E-state index contributed by atoms with van der Waals surface area (Å²) in [4.78, 5) is 29.0. The van der Waals surface area contributed by atoms with Gasteiger partial charge in [-0.2, -0.15) is 0 Å². The summed E-state index contributed by atoms with van der Waals surface area (Å²) in [5.41, 5.74) is 2.09. The van der Waals surface area contributed by atoms with Crippen molar-refractivity contribution in [2.75, 3.05) is 24.5 Å². The first-order valence-corrected chi connectivity index (χ1v) is 12.3. The average Bonchev–Trinajstić information content (AvgIpc) is 2.82. The average molecular weight is 467 g/mol. The van der Waals surface area contributed by atoms with Crippen LogP contribution in [0, 0.1) is 5.92 Å². The molecule has 1 fully saturated rings. The number of rotatable bonds is 9. The van der Waals surface area contributed by atoms with E-state index in [0.717, 1.165) is 30.6 Å². The SMILES string of the molecule is CCN(Cc1ccc(C(C)C)cc1)C(=O)[C@@H]1CCCN(c2cccc(OC(C)(C)C(=O)O)c2)C1. The van der Waals surface area contributed by atoms with Crippen LogP contribution in [0.2, 0.25) is 0 Å². The van der Waals surface area contributed by atoms with Gasteiger partial charge in [0.1, 0.15) is 5.75 Å². The number of aliphatic carboxylic acids is 1. The summed E-state index contributed by atoms with van der Waals surface area (Å²) in [6.45, 7) is 12.3. The van der Waals surface area contributed by atoms with Gasteiger partial charge in [0.25, 0.3) is 0 Å². The van der Waals surface area contributed by atoms with Crippen molar-refractivity contribution in [1.29, 1.82) is 0 Å². The van der Waals surface area contributed by atoms with Crippen molar-refractivity contribution in [3.63, 3.8) is 0 Å². The quantitative estimate of drug-likeness (QED) is 0.542. The van der Waals surface area contributed by atoms with Gasteiger partial charge in [0, 0.05) is 37.9 Å². The topological polar surface area (TPSA) is 70.1 Å². The van der Waals surface area contributed by atoms with Crippen molar-refractivity contribution in [3.05, 3.63) is 59.7 Å². The van der Waals surface area contributed by atoms with Gasteiger partial charge in [-0.1, -0.05) is 44.2 Å². The summed E-state index contributed by atoms with van der Waals surface area (Å²) >= 11 is 0. The van der Waals surface area contributed by atoms with Crippen LogP contribution in [0.1, 0.15) is 64.5 Å². The minimum atomic E-state index is -1.31. The van der Waals surface area contributed by atoms with Gasteiger partial charge in [-0.15, -0.1) is 0 Å². The molecule has 0 bridgehead atoms. The Morgan fingerprint density at radius 1 is 1.18 bits per heavy atom. The number of anilines is 1. The summed E-state index contributed by atoms with van der Waals surface area (Å²) in [5.74, 6) is 0.118. The first-order chi connectivity index (χ1) is 16.1. The number of hydrogen-bond donors (Lipinski definition) is 1. The molecule has 1 saturated heterocycles. The van der Waals surface area contributed by atoms with Gasteiger partial charge < -0.3 is 19.6 Å². The van der Waals surface area contributed by atoms with Crippen LogP contribution in [0.4, 0.5) is 5.69 Å². The fourth-order valence-electron chi connectivity index (χ4n) is 4.33. The van der Waals surface area contributed by atoms with E-state index in [2.05, 4.69) is 43.0 Å². The van der Waals surface area contributed by atoms with E-state index >= 15 is 0 Å². The first kappa shape index (κ1) is 25.6. The van der Waals surface area contributed by atoms with Crippen LogP contribution in [0.25, 0.3) is 0 Å². The van der Waals surface area contributed by atoms with E-state index in [0.29, 0.717) is 31.3 Å². The van der Waals surface area contributed by atoms with Crippen LogP contribution in [-0.4, -0.2) is 47.1 Å². The molecule has 3 rings (SSSR count). The van der Waals surface area contributed by atoms with Gasteiger partial charge in [-0.25, -0.2) is 4.79 Å². The second-order valence-electron chi connectivity index (χ2n) is 9.95. The Hall–Kier alpha value is -3.02. The van der Waals surface area contributed by atoms with Crippen LogP contribution in [-0.2, 0) is 16.1 Å². The maximum atomic E-state index is 13.4. The normalized spacial score (nSPS) is 16.4. The largest absolute Gasteiger partial charge is 0.478 e. The van der Waals surface area contributed by atoms with Crippen molar-refractivity contribution in [3.8, 4) is 5.75 Å². The number of carbonyl (C=O) groups excluding carboxylic acids is 1. The van der Waals surface area contributed by atoms with Gasteiger partial charge in [0.15, 0.2) is 5.60 Å². The maximum Gasteiger partial charge on any atom is 0.347 e. The second kappa shape index (κ2) is 10.9. The maximum absolute atomic E-state index is 13.4. The zero-order valence-corrected chi connectivity index (χ0v) is 21.1. The molecule has 1 heterocycles. The molecule has 0 radical (unpaired) electrons. The Bertz CT molecular complexity index is 984. The summed E-state index contributed by atoms with van der Waals surface area (Å²) in [5, 5.41) is 9.36. The lowest BCUT2D eigenvalue weighted by Gasteiger charge is -2.36. The standard InChI is InChI=1S/C28H38N2O4/c1-6-29(18-21-12-14-22(15-13-21)20(2)3)26(31)23-9-8-16-30(19-23)24-10-7-11-25(17-24)34-28(4,5)27(32)33/h7,10-15,17,20,23H,6,8-9,16,18-19H2,1-5H3,(H,32,33)/t23-/m1/s1. The number of piperidine rings is 1. The molecule has 184 valence electrons. The van der Waals surface area contributed by atoms with Crippen molar-refractivity contribution in [1.82, 2.24) is 4.90 Å². The first-order valence-electron chi connectivity index (χ1n) is 12.3. The molecule has 0 aromatic heterocycles. The highest BCUT2D eigenvalue weighted by Crippen LogP contribution is 2.29. The number of carbonyl (C=O) groups is 2. The number of nitrogens with zero attached hydrogens (tertiary/aromatic N) is 2. The van der Waals surface area contributed by atoms with Gasteiger partial charge in [0.05, 0.1) is 5.92 Å². The third-order valence-electron chi connectivity index (χ3n) is 6.55. The summed E-state index contributed by atoms with van der Waals surface area (Å²) in [6.07, 6.45) is 1.81. The van der Waals surface area contributed by atoms with Crippen LogP contribution in [0.3, 0.4) is 0 Å². The van der Waals surface area contributed by atoms with E-state index in [4.69, 9.17) is 4.74 Å². The number of ether oxygens (including phenoxy) is 1. The number of carboxylic acid groups (broad SMARTS) is 1. The predicted molar refractivity (Wildman–Crippen MR) is 135 cm³/mol. The molecule has 2 aromatic carbocycles. The molecule has 1 aliphatic rings. The Labute approximate surface area is 203 Å². The zero-order valence-electron chi connectivity index (χ0n) is 21.1. The Morgan fingerprint density at radius 2 is 1.88 bits per heavy atom. The Kier molecular flexibility index (Phi) is 8.24. The van der Waals surface area contributed by atoms with E-state index in [9.17, 15) is 14.7 Å². The molecule has 1 aliphatic heterocycles. The van der Waals surface area contributed by atoms with E-state index in [1.54, 1.807) is 6.07 Å². The molecule has 1 atom stereocenters. The van der Waals surface area contributed by atoms with Crippen molar-refractivity contribution >= 4 is 17.6 Å². The highest BCUT2D eigenvalue weighted by Gasteiger charge is 2.31. The van der Waals surface area contributed by atoms with E-state index < -0.39 is 11.6 Å². The van der Waals surface area contributed by atoms with Crippen molar-refractivity contribution in [2.45, 2.75) is 65.5 Å². The molecule has 0 spiro atoms. The predicted octanol–water partition coefficient (Wildman–Crippen LogP) is 5.32. The summed E-state index contributed by atoms with van der Waals surface area (Å²) < 4.78 is 5.71. The van der Waals surface area contributed by atoms with Gasteiger partial charge in [-0.3, -0.25) is 4.79 Å². The third kappa shape index (κ3) is 6.31. The molecule has 6 nitrogen and oxygen atoms in total. The molecular formula is C28H38N2O4. The molecule has 1 amide bonds. The molecule has 1 N–H and O–H groups in total. The lowest BCUT2D eigenvalue weighted by atomic mass is 9.95. The molecule has 0 aliphatic carbocycles. The molecule has 0 saturated carbocycles. The molecule has 34 heavy (non-hydrogen) atoms. The Morgan fingerprint density at radius 3 is 2.50 bits per heavy atom. The number of carboxylic acids is 1. The highest BCUT2D eigenvalue weighted by molar-refractivity contribution is 5.80. The minimum absolute atomic E-state index is 0.0660. The van der Waals surface area contributed by atoms with Crippen LogP contribution < -0.4 is 9.64 Å². The van der Waals surface area contributed by atoms with E-state index in [-0.39, 0.29) is 11.8 Å². The number of benzene rings is 2. The fourth-order valence-corrected chi connectivity index (χ4v) is 4.33. The Balaban J connectivity index is 1.68. The highest BCUT2D eigenvalue weighted by atomic mass is 16.5. The van der Waals surface area contributed by atoms with Crippen molar-refractivity contribution < 1.29 is 19.4 Å². The molecule has 2 aromatic rings. The lowest BCUT2D eigenvalue weighted by molar-refractivity contribution is -0.152. The second-order valence-corrected chi connectivity index (χ2v) is 9.95. The van der Waals surface area contributed by atoms with E-state index in [1.165, 1.54) is 19.4 Å². The smallest absolute Gasteiger partial charge is 0.347 e.